The predicted octanol–water partition coefficient (Wildman–Crippen LogP) is 3.05. The molecule has 0 unspecified atom stereocenters. The van der Waals surface area contributed by atoms with E-state index in [4.69, 9.17) is 4.74 Å². The molecule has 18 heavy (non-hydrogen) atoms. The molecule has 1 aromatic heterocycles. The number of aryl methyl sites for hydroxylation is 2. The molecule has 0 saturated carbocycles. The van der Waals surface area contributed by atoms with E-state index < -0.39 is 0 Å². The maximum Gasteiger partial charge on any atom is 0.301 e. The number of benzene rings is 1. The van der Waals surface area contributed by atoms with Crippen LogP contribution in [0.1, 0.15) is 18.9 Å². The fourth-order valence-electron chi connectivity index (χ4n) is 2.30. The first-order chi connectivity index (χ1) is 8.88. The number of hydrogen-bond donors (Lipinski definition) is 1. The standard InChI is InChI=1S/C14H17N3O/c1-2-17-10-9-16-14(17)18-12-7-3-5-11-6-4-8-15-13(11)12/h3,5,7,9-10,15H,2,4,6,8H2,1H3. The molecule has 0 fully saturated rings. The Morgan fingerprint density at radius 1 is 1.44 bits per heavy atom. The molecule has 4 nitrogen and oxygen atoms in total. The summed E-state index contributed by atoms with van der Waals surface area (Å²) in [6.45, 7) is 3.95. The highest BCUT2D eigenvalue weighted by Gasteiger charge is 2.15. The van der Waals surface area contributed by atoms with Gasteiger partial charge in [0.2, 0.25) is 0 Å². The van der Waals surface area contributed by atoms with E-state index >= 15 is 0 Å². The molecule has 1 aliphatic heterocycles. The van der Waals surface area contributed by atoms with Gasteiger partial charge in [-0.25, -0.2) is 4.98 Å². The minimum Gasteiger partial charge on any atom is -0.423 e. The topological polar surface area (TPSA) is 39.1 Å². The van der Waals surface area contributed by atoms with Gasteiger partial charge in [-0.05, 0) is 31.4 Å². The minimum absolute atomic E-state index is 0.651. The van der Waals surface area contributed by atoms with Gasteiger partial charge in [0.15, 0.2) is 5.75 Å². The number of rotatable bonds is 3. The van der Waals surface area contributed by atoms with Crippen LogP contribution in [0.5, 0.6) is 11.8 Å². The Bertz CT molecular complexity index is 548. The molecule has 0 amide bonds. The quantitative estimate of drug-likeness (QED) is 0.900. The highest BCUT2D eigenvalue weighted by atomic mass is 16.5. The maximum atomic E-state index is 5.93. The van der Waals surface area contributed by atoms with Crippen LogP contribution >= 0.6 is 0 Å². The molecule has 1 aromatic carbocycles. The first-order valence-electron chi connectivity index (χ1n) is 6.43. The van der Waals surface area contributed by atoms with E-state index in [0.29, 0.717) is 6.01 Å². The zero-order valence-electron chi connectivity index (χ0n) is 10.5. The Labute approximate surface area is 107 Å². The summed E-state index contributed by atoms with van der Waals surface area (Å²) < 4.78 is 7.92. The van der Waals surface area contributed by atoms with Gasteiger partial charge >= 0.3 is 6.01 Å². The van der Waals surface area contributed by atoms with E-state index in [-0.39, 0.29) is 0 Å². The van der Waals surface area contributed by atoms with Gasteiger partial charge < -0.3 is 14.6 Å². The molecule has 3 rings (SSSR count). The van der Waals surface area contributed by atoms with Gasteiger partial charge in [-0.2, -0.15) is 0 Å². The van der Waals surface area contributed by atoms with Crippen LogP contribution in [0.3, 0.4) is 0 Å². The molecule has 94 valence electrons. The van der Waals surface area contributed by atoms with Crippen LogP contribution in [0.25, 0.3) is 0 Å². The number of aromatic nitrogens is 2. The second-order valence-electron chi connectivity index (χ2n) is 4.42. The smallest absolute Gasteiger partial charge is 0.301 e. The Balaban J connectivity index is 1.93. The molecule has 4 heteroatoms. The Kier molecular flexibility index (Phi) is 2.92. The number of nitrogens with zero attached hydrogens (tertiary/aromatic N) is 2. The Morgan fingerprint density at radius 3 is 3.28 bits per heavy atom. The molecule has 0 spiro atoms. The predicted molar refractivity (Wildman–Crippen MR) is 71.2 cm³/mol. The number of para-hydroxylation sites is 1. The van der Waals surface area contributed by atoms with Gasteiger partial charge in [0.1, 0.15) is 0 Å². The third-order valence-corrected chi connectivity index (χ3v) is 3.26. The van der Waals surface area contributed by atoms with Gasteiger partial charge in [0.25, 0.3) is 0 Å². The van der Waals surface area contributed by atoms with E-state index in [9.17, 15) is 0 Å². The van der Waals surface area contributed by atoms with Crippen LogP contribution in [0.2, 0.25) is 0 Å². The van der Waals surface area contributed by atoms with Crippen molar-refractivity contribution in [2.75, 3.05) is 11.9 Å². The van der Waals surface area contributed by atoms with Crippen LogP contribution in [0.4, 0.5) is 5.69 Å². The molecule has 0 aliphatic carbocycles. The summed E-state index contributed by atoms with van der Waals surface area (Å²) in [7, 11) is 0. The van der Waals surface area contributed by atoms with E-state index in [1.54, 1.807) is 6.20 Å². The van der Waals surface area contributed by atoms with Crippen LogP contribution < -0.4 is 10.1 Å². The number of nitrogens with one attached hydrogen (secondary N) is 1. The van der Waals surface area contributed by atoms with Crippen molar-refractivity contribution >= 4 is 5.69 Å². The minimum atomic E-state index is 0.651. The summed E-state index contributed by atoms with van der Waals surface area (Å²) in [6.07, 6.45) is 5.99. The second kappa shape index (κ2) is 4.72. The number of imidazole rings is 1. The van der Waals surface area contributed by atoms with Gasteiger partial charge in [-0.3, -0.25) is 0 Å². The third-order valence-electron chi connectivity index (χ3n) is 3.26. The first-order valence-corrected chi connectivity index (χ1v) is 6.43. The molecule has 0 bridgehead atoms. The number of hydrogen-bond acceptors (Lipinski definition) is 3. The lowest BCUT2D eigenvalue weighted by atomic mass is 10.0. The fraction of sp³-hybridized carbons (Fsp3) is 0.357. The highest BCUT2D eigenvalue weighted by Crippen LogP contribution is 2.34. The fourth-order valence-corrected chi connectivity index (χ4v) is 2.30. The van der Waals surface area contributed by atoms with E-state index in [0.717, 1.165) is 30.9 Å². The monoisotopic (exact) mass is 243 g/mol. The van der Waals surface area contributed by atoms with Crippen molar-refractivity contribution < 1.29 is 4.74 Å². The largest absolute Gasteiger partial charge is 0.423 e. The van der Waals surface area contributed by atoms with Gasteiger partial charge in [-0.1, -0.05) is 12.1 Å². The summed E-state index contributed by atoms with van der Waals surface area (Å²) in [5, 5.41) is 3.42. The molecule has 1 aliphatic rings. The van der Waals surface area contributed by atoms with E-state index in [1.807, 2.05) is 22.9 Å². The summed E-state index contributed by atoms with van der Waals surface area (Å²) in [6, 6.07) is 6.84. The summed E-state index contributed by atoms with van der Waals surface area (Å²) in [5.74, 6) is 0.869. The van der Waals surface area contributed by atoms with Crippen molar-refractivity contribution in [3.63, 3.8) is 0 Å². The average Bonchev–Trinajstić information content (AvgIpc) is 2.86. The van der Waals surface area contributed by atoms with E-state index in [1.165, 1.54) is 12.0 Å². The van der Waals surface area contributed by atoms with Crippen LogP contribution in [0, 0.1) is 0 Å². The molecule has 1 N–H and O–H groups in total. The molecule has 0 atom stereocenters. The lowest BCUT2D eigenvalue weighted by Gasteiger charge is -2.20. The number of ether oxygens (including phenoxy) is 1. The molecule has 0 radical (unpaired) electrons. The molecule has 2 heterocycles. The van der Waals surface area contributed by atoms with Crippen LogP contribution in [0.15, 0.2) is 30.6 Å². The van der Waals surface area contributed by atoms with Crippen molar-refractivity contribution in [2.24, 2.45) is 0 Å². The average molecular weight is 243 g/mol. The lowest BCUT2D eigenvalue weighted by molar-refractivity contribution is 0.416. The van der Waals surface area contributed by atoms with Crippen molar-refractivity contribution in [1.82, 2.24) is 9.55 Å². The zero-order valence-corrected chi connectivity index (χ0v) is 10.5. The van der Waals surface area contributed by atoms with Crippen molar-refractivity contribution in [3.05, 3.63) is 36.2 Å². The SMILES string of the molecule is CCn1ccnc1Oc1cccc2c1NCCC2. The van der Waals surface area contributed by atoms with Gasteiger partial charge in [-0.15, -0.1) is 0 Å². The number of fused-ring (bicyclic) bond motifs is 1. The summed E-state index contributed by atoms with van der Waals surface area (Å²) in [5.41, 5.74) is 2.45. The Hall–Kier alpha value is -1.97. The van der Waals surface area contributed by atoms with Crippen molar-refractivity contribution in [3.8, 4) is 11.8 Å². The van der Waals surface area contributed by atoms with Gasteiger partial charge in [0.05, 0.1) is 5.69 Å². The molecule has 2 aromatic rings. The first kappa shape index (κ1) is 11.1. The summed E-state index contributed by atoms with van der Waals surface area (Å²) in [4.78, 5) is 4.24. The normalized spacial score (nSPS) is 13.8. The lowest BCUT2D eigenvalue weighted by Crippen LogP contribution is -2.12. The number of anilines is 1. The Morgan fingerprint density at radius 2 is 2.39 bits per heavy atom. The third kappa shape index (κ3) is 1.94. The maximum absolute atomic E-state index is 5.93. The van der Waals surface area contributed by atoms with Crippen molar-refractivity contribution in [2.45, 2.75) is 26.3 Å². The second-order valence-corrected chi connectivity index (χ2v) is 4.42. The molecular formula is C14H17N3O. The van der Waals surface area contributed by atoms with Crippen molar-refractivity contribution in [1.29, 1.82) is 0 Å². The van der Waals surface area contributed by atoms with E-state index in [2.05, 4.69) is 23.3 Å². The summed E-state index contributed by atoms with van der Waals surface area (Å²) >= 11 is 0. The molecule has 0 saturated heterocycles. The molecular weight excluding hydrogens is 226 g/mol. The van der Waals surface area contributed by atoms with Crippen LogP contribution in [-0.2, 0) is 13.0 Å². The zero-order chi connectivity index (χ0) is 12.4. The van der Waals surface area contributed by atoms with Gasteiger partial charge in [0, 0.05) is 25.5 Å². The highest BCUT2D eigenvalue weighted by molar-refractivity contribution is 5.63. The van der Waals surface area contributed by atoms with Crippen LogP contribution in [-0.4, -0.2) is 16.1 Å².